The molecule has 0 atom stereocenters. The molecule has 8 nitrogen and oxygen atoms in total. The monoisotopic (exact) mass is 406 g/mol. The van der Waals surface area contributed by atoms with Gasteiger partial charge in [-0.3, -0.25) is 9.69 Å². The fourth-order valence-corrected chi connectivity index (χ4v) is 4.73. The van der Waals surface area contributed by atoms with E-state index in [9.17, 15) is 13.2 Å². The van der Waals surface area contributed by atoms with Gasteiger partial charge in [-0.25, -0.2) is 13.1 Å². The Balaban J connectivity index is 1.44. The average molecular weight is 407 g/mol. The minimum atomic E-state index is -3.73. The molecule has 1 fully saturated rings. The first-order valence-electron chi connectivity index (χ1n) is 9.33. The van der Waals surface area contributed by atoms with Crippen LogP contribution in [-0.4, -0.2) is 62.0 Å². The SMILES string of the molecule is Cc1noc(C)c1S(=O)(=O)NCCC(=O)N1CCN(Cc2ccccc2)CC1. The van der Waals surface area contributed by atoms with Crippen LogP contribution in [0.25, 0.3) is 0 Å². The summed E-state index contributed by atoms with van der Waals surface area (Å²) in [4.78, 5) is 16.6. The van der Waals surface area contributed by atoms with Gasteiger partial charge in [0, 0.05) is 45.7 Å². The van der Waals surface area contributed by atoms with Gasteiger partial charge in [0.15, 0.2) is 5.76 Å². The molecule has 0 unspecified atom stereocenters. The zero-order chi connectivity index (χ0) is 20.1. The Morgan fingerprint density at radius 2 is 1.82 bits per heavy atom. The lowest BCUT2D eigenvalue weighted by atomic mass is 10.2. The number of hydrogen-bond acceptors (Lipinski definition) is 6. The van der Waals surface area contributed by atoms with Crippen LogP contribution in [0.15, 0.2) is 39.8 Å². The van der Waals surface area contributed by atoms with E-state index in [-0.39, 0.29) is 29.5 Å². The average Bonchev–Trinajstić information content (AvgIpc) is 3.02. The fourth-order valence-electron chi connectivity index (χ4n) is 3.38. The number of nitrogens with one attached hydrogen (secondary N) is 1. The van der Waals surface area contributed by atoms with E-state index in [1.165, 1.54) is 5.56 Å². The van der Waals surface area contributed by atoms with Crippen LogP contribution in [-0.2, 0) is 21.4 Å². The fraction of sp³-hybridized carbons (Fsp3) is 0.474. The van der Waals surface area contributed by atoms with E-state index in [1.54, 1.807) is 18.7 Å². The summed E-state index contributed by atoms with van der Waals surface area (Å²) in [5.74, 6) is 0.201. The first kappa shape index (κ1) is 20.5. The Morgan fingerprint density at radius 3 is 2.43 bits per heavy atom. The molecule has 1 amide bonds. The molecule has 0 spiro atoms. The summed E-state index contributed by atoms with van der Waals surface area (Å²) in [7, 11) is -3.73. The maximum Gasteiger partial charge on any atom is 0.245 e. The third-order valence-electron chi connectivity index (χ3n) is 4.84. The van der Waals surface area contributed by atoms with Gasteiger partial charge in [-0.2, -0.15) is 0 Å². The number of nitrogens with zero attached hydrogens (tertiary/aromatic N) is 3. The maximum absolute atomic E-state index is 12.4. The van der Waals surface area contributed by atoms with Gasteiger partial charge < -0.3 is 9.42 Å². The van der Waals surface area contributed by atoms with Gasteiger partial charge in [0.05, 0.1) is 0 Å². The van der Waals surface area contributed by atoms with Gasteiger partial charge >= 0.3 is 0 Å². The van der Waals surface area contributed by atoms with Gasteiger partial charge in [-0.1, -0.05) is 35.5 Å². The molecule has 0 aliphatic carbocycles. The summed E-state index contributed by atoms with van der Waals surface area (Å²) < 4.78 is 32.1. The van der Waals surface area contributed by atoms with Gasteiger partial charge in [0.1, 0.15) is 10.6 Å². The highest BCUT2D eigenvalue weighted by Crippen LogP contribution is 2.18. The molecule has 1 aliphatic rings. The molecular weight excluding hydrogens is 380 g/mol. The largest absolute Gasteiger partial charge is 0.360 e. The van der Waals surface area contributed by atoms with E-state index in [0.29, 0.717) is 18.8 Å². The van der Waals surface area contributed by atoms with Crippen LogP contribution < -0.4 is 4.72 Å². The molecule has 9 heteroatoms. The van der Waals surface area contributed by atoms with E-state index < -0.39 is 10.0 Å². The van der Waals surface area contributed by atoms with Gasteiger partial charge in [0.2, 0.25) is 15.9 Å². The number of carbonyl (C=O) groups excluding carboxylic acids is 1. The highest BCUT2D eigenvalue weighted by Gasteiger charge is 2.25. The van der Waals surface area contributed by atoms with Crippen LogP contribution in [0.1, 0.15) is 23.4 Å². The number of rotatable bonds is 7. The summed E-state index contributed by atoms with van der Waals surface area (Å²) in [5.41, 5.74) is 1.57. The second-order valence-corrected chi connectivity index (χ2v) is 8.65. The van der Waals surface area contributed by atoms with Crippen LogP contribution in [0.4, 0.5) is 0 Å². The number of aryl methyl sites for hydroxylation is 2. The highest BCUT2D eigenvalue weighted by atomic mass is 32.2. The van der Waals surface area contributed by atoms with Crippen molar-refractivity contribution in [3.8, 4) is 0 Å². The predicted octanol–water partition coefficient (Wildman–Crippen LogP) is 1.30. The first-order chi connectivity index (χ1) is 13.4. The minimum Gasteiger partial charge on any atom is -0.360 e. The number of aromatic nitrogens is 1. The zero-order valence-corrected chi connectivity index (χ0v) is 17.0. The van der Waals surface area contributed by atoms with E-state index in [0.717, 1.165) is 19.6 Å². The van der Waals surface area contributed by atoms with Crippen molar-refractivity contribution in [1.29, 1.82) is 0 Å². The second-order valence-electron chi connectivity index (χ2n) is 6.94. The number of sulfonamides is 1. The molecule has 1 N–H and O–H groups in total. The van der Waals surface area contributed by atoms with Crippen LogP contribution in [0, 0.1) is 13.8 Å². The molecule has 1 aromatic carbocycles. The van der Waals surface area contributed by atoms with Crippen molar-refractivity contribution in [2.75, 3.05) is 32.7 Å². The number of hydrogen-bond donors (Lipinski definition) is 1. The molecule has 1 aromatic heterocycles. The van der Waals surface area contributed by atoms with Crippen molar-refractivity contribution in [3.63, 3.8) is 0 Å². The van der Waals surface area contributed by atoms with Gasteiger partial charge in [0.25, 0.3) is 0 Å². The molecule has 1 saturated heterocycles. The highest BCUT2D eigenvalue weighted by molar-refractivity contribution is 7.89. The van der Waals surface area contributed by atoms with Crippen molar-refractivity contribution >= 4 is 15.9 Å². The molecule has 2 heterocycles. The van der Waals surface area contributed by atoms with Crippen LogP contribution in [0.3, 0.4) is 0 Å². The molecule has 0 radical (unpaired) electrons. The van der Waals surface area contributed by atoms with Crippen LogP contribution in [0.5, 0.6) is 0 Å². The van der Waals surface area contributed by atoms with Crippen molar-refractivity contribution in [2.45, 2.75) is 31.7 Å². The topological polar surface area (TPSA) is 95.8 Å². The lowest BCUT2D eigenvalue weighted by molar-refractivity contribution is -0.132. The molecule has 1 aliphatic heterocycles. The van der Waals surface area contributed by atoms with Crippen molar-refractivity contribution in [3.05, 3.63) is 47.3 Å². The summed E-state index contributed by atoms with van der Waals surface area (Å²) in [5, 5.41) is 3.66. The summed E-state index contributed by atoms with van der Waals surface area (Å²) in [6.45, 7) is 6.98. The smallest absolute Gasteiger partial charge is 0.245 e. The minimum absolute atomic E-state index is 0.0409. The molecule has 28 heavy (non-hydrogen) atoms. The second kappa shape index (κ2) is 8.85. The van der Waals surface area contributed by atoms with Gasteiger partial charge in [-0.15, -0.1) is 0 Å². The Kier molecular flexibility index (Phi) is 6.48. The predicted molar refractivity (Wildman–Crippen MR) is 104 cm³/mol. The molecule has 0 bridgehead atoms. The molecule has 3 rings (SSSR count). The molecular formula is C19H26N4O4S. The van der Waals surface area contributed by atoms with Crippen molar-refractivity contribution < 1.29 is 17.7 Å². The van der Waals surface area contributed by atoms with E-state index in [4.69, 9.17) is 4.52 Å². The number of benzene rings is 1. The maximum atomic E-state index is 12.4. The Bertz CT molecular complexity index is 884. The Morgan fingerprint density at radius 1 is 1.14 bits per heavy atom. The quantitative estimate of drug-likeness (QED) is 0.745. The number of carbonyl (C=O) groups is 1. The van der Waals surface area contributed by atoms with E-state index in [1.807, 2.05) is 18.2 Å². The zero-order valence-electron chi connectivity index (χ0n) is 16.2. The summed E-state index contributed by atoms with van der Waals surface area (Å²) >= 11 is 0. The van der Waals surface area contributed by atoms with Gasteiger partial charge in [-0.05, 0) is 19.4 Å². The molecule has 152 valence electrons. The van der Waals surface area contributed by atoms with E-state index in [2.05, 4.69) is 26.9 Å². The summed E-state index contributed by atoms with van der Waals surface area (Å²) in [6, 6.07) is 10.3. The lowest BCUT2D eigenvalue weighted by Crippen LogP contribution is -2.48. The normalized spacial score (nSPS) is 15.7. The third kappa shape index (κ3) is 4.98. The van der Waals surface area contributed by atoms with E-state index >= 15 is 0 Å². The summed E-state index contributed by atoms with van der Waals surface area (Å²) in [6.07, 6.45) is 0.126. The third-order valence-corrected chi connectivity index (χ3v) is 6.55. The standard InChI is InChI=1S/C19H26N4O4S/c1-15-19(16(2)27-21-15)28(25,26)20-9-8-18(24)23-12-10-22(11-13-23)14-17-6-4-3-5-7-17/h3-7,20H,8-14H2,1-2H3. The lowest BCUT2D eigenvalue weighted by Gasteiger charge is -2.34. The molecule has 2 aromatic rings. The van der Waals surface area contributed by atoms with Crippen molar-refractivity contribution in [2.24, 2.45) is 0 Å². The van der Waals surface area contributed by atoms with Crippen molar-refractivity contribution in [1.82, 2.24) is 19.7 Å². The van der Waals surface area contributed by atoms with Crippen LogP contribution >= 0.6 is 0 Å². The van der Waals surface area contributed by atoms with Crippen LogP contribution in [0.2, 0.25) is 0 Å². The molecule has 0 saturated carbocycles. The number of piperazine rings is 1. The Hall–Kier alpha value is -2.23. The number of amides is 1. The Labute approximate surface area is 165 Å². The first-order valence-corrected chi connectivity index (χ1v) is 10.8.